The predicted molar refractivity (Wildman–Crippen MR) is 136 cm³/mol. The van der Waals surface area contributed by atoms with Gasteiger partial charge in [-0.2, -0.15) is 0 Å². The van der Waals surface area contributed by atoms with E-state index in [-0.39, 0.29) is 17.7 Å². The Hall–Kier alpha value is -3.75. The minimum atomic E-state index is -0.988. The maximum atomic E-state index is 13.7. The summed E-state index contributed by atoms with van der Waals surface area (Å²) in [7, 11) is 1.56. The molecule has 3 rings (SSSR count). The summed E-state index contributed by atoms with van der Waals surface area (Å²) < 4.78 is 10.5. The van der Waals surface area contributed by atoms with Gasteiger partial charge in [0.05, 0.1) is 7.11 Å². The highest BCUT2D eigenvalue weighted by Crippen LogP contribution is 2.41. The maximum Gasteiger partial charge on any atom is 0.408 e. The van der Waals surface area contributed by atoms with E-state index in [9.17, 15) is 19.5 Å². The molecule has 194 valence electrons. The average Bonchev–Trinajstić information content (AvgIpc) is 3.52. The van der Waals surface area contributed by atoms with Crippen LogP contribution in [0, 0.1) is 5.92 Å². The third kappa shape index (κ3) is 6.90. The largest absolute Gasteiger partial charge is 0.508 e. The molecule has 2 aromatic rings. The number of carbonyl (C=O) groups is 3. The van der Waals surface area contributed by atoms with E-state index in [0.29, 0.717) is 17.0 Å². The molecule has 3 amide bonds. The molecular formula is C27H35N3O6. The Morgan fingerprint density at radius 3 is 2.14 bits per heavy atom. The normalized spacial score (nSPS) is 18.4. The van der Waals surface area contributed by atoms with Gasteiger partial charge in [-0.15, -0.1) is 0 Å². The van der Waals surface area contributed by atoms with Gasteiger partial charge in [-0.1, -0.05) is 19.1 Å². The van der Waals surface area contributed by atoms with Crippen molar-refractivity contribution in [3.05, 3.63) is 54.1 Å². The van der Waals surface area contributed by atoms with Crippen LogP contribution in [0.4, 0.5) is 10.5 Å². The van der Waals surface area contributed by atoms with Crippen LogP contribution in [0.5, 0.6) is 11.5 Å². The molecule has 0 radical (unpaired) electrons. The summed E-state index contributed by atoms with van der Waals surface area (Å²) in [6.45, 7) is 8.79. The molecule has 1 saturated carbocycles. The van der Waals surface area contributed by atoms with Crippen molar-refractivity contribution < 1.29 is 29.0 Å². The molecule has 9 nitrogen and oxygen atoms in total. The number of ether oxygens (including phenoxy) is 2. The van der Waals surface area contributed by atoms with Crippen LogP contribution in [0.3, 0.4) is 0 Å². The molecule has 2 aromatic carbocycles. The molecule has 36 heavy (non-hydrogen) atoms. The molecule has 0 aromatic heterocycles. The molecular weight excluding hydrogens is 462 g/mol. The molecule has 0 bridgehead atoms. The van der Waals surface area contributed by atoms with E-state index in [1.54, 1.807) is 71.2 Å². The SMILES string of the molecule is COc1ccc(NC(=O)C(c2ccc(O)cc2)N(C(=O)C(C)NC(=O)OC(C)(C)C)C2CC2C)cc1. The first kappa shape index (κ1) is 26.8. The van der Waals surface area contributed by atoms with Crippen molar-refractivity contribution in [1.82, 2.24) is 10.2 Å². The number of anilines is 1. The van der Waals surface area contributed by atoms with Gasteiger partial charge in [0.25, 0.3) is 5.91 Å². The second-order valence-electron chi connectivity index (χ2n) is 10.1. The lowest BCUT2D eigenvalue weighted by Crippen LogP contribution is -2.52. The molecule has 4 atom stereocenters. The molecule has 0 spiro atoms. The van der Waals surface area contributed by atoms with E-state index in [1.165, 1.54) is 17.0 Å². The van der Waals surface area contributed by atoms with E-state index in [0.717, 1.165) is 6.42 Å². The fourth-order valence-electron chi connectivity index (χ4n) is 3.92. The smallest absolute Gasteiger partial charge is 0.408 e. The summed E-state index contributed by atoms with van der Waals surface area (Å²) in [6, 6.07) is 11.0. The first-order chi connectivity index (χ1) is 16.9. The highest BCUT2D eigenvalue weighted by Gasteiger charge is 2.47. The quantitative estimate of drug-likeness (QED) is 0.502. The van der Waals surface area contributed by atoms with Gasteiger partial charge in [0, 0.05) is 11.7 Å². The molecule has 3 N–H and O–H groups in total. The molecule has 4 unspecified atom stereocenters. The molecule has 9 heteroatoms. The zero-order valence-electron chi connectivity index (χ0n) is 21.6. The van der Waals surface area contributed by atoms with Crippen LogP contribution in [-0.2, 0) is 14.3 Å². The van der Waals surface area contributed by atoms with Gasteiger partial charge in [0.1, 0.15) is 29.2 Å². The highest BCUT2D eigenvalue weighted by molar-refractivity contribution is 5.99. The summed E-state index contributed by atoms with van der Waals surface area (Å²) in [5.74, 6) is 0.0662. The number of aromatic hydroxyl groups is 1. The number of nitrogens with zero attached hydrogens (tertiary/aromatic N) is 1. The van der Waals surface area contributed by atoms with Crippen molar-refractivity contribution in [3.8, 4) is 11.5 Å². The molecule has 0 aliphatic heterocycles. The fourth-order valence-corrected chi connectivity index (χ4v) is 3.92. The number of amides is 3. The summed E-state index contributed by atoms with van der Waals surface area (Å²) in [4.78, 5) is 41.2. The maximum absolute atomic E-state index is 13.7. The number of carbonyl (C=O) groups excluding carboxylic acids is 3. The summed E-state index contributed by atoms with van der Waals surface area (Å²) in [6.07, 6.45) is 0.0194. The number of phenolic OH excluding ortho intramolecular Hbond substituents is 1. The van der Waals surface area contributed by atoms with Crippen molar-refractivity contribution in [3.63, 3.8) is 0 Å². The number of phenols is 1. The van der Waals surface area contributed by atoms with E-state index in [2.05, 4.69) is 10.6 Å². The second kappa shape index (κ2) is 10.9. The van der Waals surface area contributed by atoms with E-state index in [4.69, 9.17) is 9.47 Å². The van der Waals surface area contributed by atoms with Gasteiger partial charge < -0.3 is 30.1 Å². The Balaban J connectivity index is 1.92. The van der Waals surface area contributed by atoms with Crippen LogP contribution in [0.15, 0.2) is 48.5 Å². The van der Waals surface area contributed by atoms with Gasteiger partial charge in [0.2, 0.25) is 5.91 Å². The second-order valence-corrected chi connectivity index (χ2v) is 10.1. The van der Waals surface area contributed by atoms with E-state index < -0.39 is 35.6 Å². The first-order valence-corrected chi connectivity index (χ1v) is 11.9. The van der Waals surface area contributed by atoms with E-state index in [1.807, 2.05) is 6.92 Å². The minimum absolute atomic E-state index is 0.0469. The third-order valence-corrected chi connectivity index (χ3v) is 5.88. The number of benzene rings is 2. The molecule has 0 heterocycles. The van der Waals surface area contributed by atoms with Crippen molar-refractivity contribution in [2.45, 2.75) is 64.8 Å². The first-order valence-electron chi connectivity index (χ1n) is 11.9. The standard InChI is InChI=1S/C27H35N3O6/c1-16-15-22(16)30(25(33)17(2)28-26(34)36-27(3,4)5)23(18-7-11-20(31)12-8-18)24(32)29-19-9-13-21(35-6)14-10-19/h7-14,16-17,22-23,31H,15H2,1-6H3,(H,28,34)(H,29,32). The lowest BCUT2D eigenvalue weighted by Gasteiger charge is -2.34. The lowest BCUT2D eigenvalue weighted by atomic mass is 10.0. The van der Waals surface area contributed by atoms with Crippen LogP contribution in [0.25, 0.3) is 0 Å². The Labute approximate surface area is 211 Å². The zero-order valence-corrected chi connectivity index (χ0v) is 21.6. The minimum Gasteiger partial charge on any atom is -0.508 e. The summed E-state index contributed by atoms with van der Waals surface area (Å²) in [5.41, 5.74) is 0.362. The molecule has 1 fully saturated rings. The van der Waals surface area contributed by atoms with Gasteiger partial charge in [0.15, 0.2) is 0 Å². The highest BCUT2D eigenvalue weighted by atomic mass is 16.6. The Bertz CT molecular complexity index is 1080. The molecule has 1 aliphatic carbocycles. The third-order valence-electron chi connectivity index (χ3n) is 5.88. The Morgan fingerprint density at radius 2 is 1.64 bits per heavy atom. The molecule has 1 aliphatic rings. The zero-order chi connectivity index (χ0) is 26.6. The average molecular weight is 498 g/mol. The Morgan fingerprint density at radius 1 is 1.06 bits per heavy atom. The Kier molecular flexibility index (Phi) is 8.12. The van der Waals surface area contributed by atoms with Crippen LogP contribution >= 0.6 is 0 Å². The summed E-state index contributed by atoms with van der Waals surface area (Å²) >= 11 is 0. The fraction of sp³-hybridized carbons (Fsp3) is 0.444. The van der Waals surface area contributed by atoms with Gasteiger partial charge in [-0.25, -0.2) is 4.79 Å². The van der Waals surface area contributed by atoms with Crippen molar-refractivity contribution in [1.29, 1.82) is 0 Å². The van der Waals surface area contributed by atoms with Crippen molar-refractivity contribution in [2.24, 2.45) is 5.92 Å². The van der Waals surface area contributed by atoms with Crippen LogP contribution in [0.1, 0.15) is 52.6 Å². The van der Waals surface area contributed by atoms with Crippen LogP contribution in [0.2, 0.25) is 0 Å². The van der Waals surface area contributed by atoms with Gasteiger partial charge >= 0.3 is 6.09 Å². The monoisotopic (exact) mass is 497 g/mol. The number of hydrogen-bond donors (Lipinski definition) is 3. The number of rotatable bonds is 8. The van der Waals surface area contributed by atoms with Crippen LogP contribution in [-0.4, -0.2) is 52.7 Å². The lowest BCUT2D eigenvalue weighted by molar-refractivity contribution is -0.141. The van der Waals surface area contributed by atoms with Crippen molar-refractivity contribution >= 4 is 23.6 Å². The van der Waals surface area contributed by atoms with Crippen LogP contribution < -0.4 is 15.4 Å². The van der Waals surface area contributed by atoms with Gasteiger partial charge in [-0.05, 0) is 82.0 Å². The summed E-state index contributed by atoms with van der Waals surface area (Å²) in [5, 5.41) is 15.3. The number of alkyl carbamates (subject to hydrolysis) is 1. The van der Waals surface area contributed by atoms with Crippen molar-refractivity contribution in [2.75, 3.05) is 12.4 Å². The van der Waals surface area contributed by atoms with E-state index >= 15 is 0 Å². The number of nitrogens with one attached hydrogen (secondary N) is 2. The number of hydrogen-bond acceptors (Lipinski definition) is 6. The number of methoxy groups -OCH3 is 1. The topological polar surface area (TPSA) is 117 Å². The van der Waals surface area contributed by atoms with Gasteiger partial charge in [-0.3, -0.25) is 9.59 Å². The predicted octanol–water partition coefficient (Wildman–Crippen LogP) is 4.23. The molecule has 0 saturated heterocycles.